The molecular weight excluding hydrogens is 302 g/mol. The molecule has 5 aromatic rings. The molecule has 0 spiro atoms. The van der Waals surface area contributed by atoms with E-state index in [4.69, 9.17) is 0 Å². The largest absolute Gasteiger partial charge is 0.355 e. The van der Waals surface area contributed by atoms with Gasteiger partial charge in [-0.1, -0.05) is 78.9 Å². The van der Waals surface area contributed by atoms with Crippen LogP contribution in [-0.4, -0.2) is 4.98 Å². The molecule has 0 bridgehead atoms. The Morgan fingerprint density at radius 1 is 0.560 bits per heavy atom. The van der Waals surface area contributed by atoms with Gasteiger partial charge < -0.3 is 4.98 Å². The van der Waals surface area contributed by atoms with E-state index in [9.17, 15) is 0 Å². The van der Waals surface area contributed by atoms with Crippen molar-refractivity contribution >= 4 is 44.7 Å². The van der Waals surface area contributed by atoms with Crippen LogP contribution in [0.3, 0.4) is 0 Å². The SMILES string of the molecule is C(=Cc1cccc2ccccc12)c1ccc2[nH]c3ccccc3c2c1. The summed E-state index contributed by atoms with van der Waals surface area (Å²) in [7, 11) is 0. The van der Waals surface area contributed by atoms with Gasteiger partial charge in [0.1, 0.15) is 0 Å². The summed E-state index contributed by atoms with van der Waals surface area (Å²) >= 11 is 0. The average Bonchev–Trinajstić information content (AvgIpc) is 3.04. The van der Waals surface area contributed by atoms with Crippen molar-refractivity contribution in [3.63, 3.8) is 0 Å². The van der Waals surface area contributed by atoms with Crippen molar-refractivity contribution in [1.29, 1.82) is 0 Å². The lowest BCUT2D eigenvalue weighted by Crippen LogP contribution is -1.78. The molecule has 5 rings (SSSR count). The van der Waals surface area contributed by atoms with Crippen molar-refractivity contribution in [3.05, 3.63) is 96.1 Å². The molecule has 0 fully saturated rings. The smallest absolute Gasteiger partial charge is 0.0465 e. The first-order valence-corrected chi connectivity index (χ1v) is 8.55. The van der Waals surface area contributed by atoms with Gasteiger partial charge in [-0.2, -0.15) is 0 Å². The van der Waals surface area contributed by atoms with Crippen LogP contribution in [-0.2, 0) is 0 Å². The predicted molar refractivity (Wildman–Crippen MR) is 109 cm³/mol. The molecule has 25 heavy (non-hydrogen) atoms. The van der Waals surface area contributed by atoms with Gasteiger partial charge in [0.15, 0.2) is 0 Å². The highest BCUT2D eigenvalue weighted by molar-refractivity contribution is 6.08. The first-order chi connectivity index (χ1) is 12.4. The van der Waals surface area contributed by atoms with E-state index in [1.54, 1.807) is 0 Å². The van der Waals surface area contributed by atoms with Crippen LogP contribution in [0.2, 0.25) is 0 Å². The molecule has 0 unspecified atom stereocenters. The van der Waals surface area contributed by atoms with Crippen LogP contribution in [0.5, 0.6) is 0 Å². The molecule has 1 heterocycles. The van der Waals surface area contributed by atoms with E-state index in [1.165, 1.54) is 43.7 Å². The monoisotopic (exact) mass is 319 g/mol. The number of H-pyrrole nitrogens is 1. The van der Waals surface area contributed by atoms with Crippen LogP contribution in [0.15, 0.2) is 84.9 Å². The van der Waals surface area contributed by atoms with Gasteiger partial charge in [0.25, 0.3) is 0 Å². The lowest BCUT2D eigenvalue weighted by molar-refractivity contribution is 1.54. The fourth-order valence-electron chi connectivity index (χ4n) is 3.55. The van der Waals surface area contributed by atoms with E-state index in [2.05, 4.69) is 102 Å². The standard InChI is InChI=1S/C24H17N/c1-2-9-20-18(6-1)7-5-8-19(20)14-12-17-13-15-24-22(16-17)21-10-3-4-11-23(21)25-24/h1-16,25H. The topological polar surface area (TPSA) is 15.8 Å². The van der Waals surface area contributed by atoms with Crippen LogP contribution in [0.1, 0.15) is 11.1 Å². The first-order valence-electron chi connectivity index (χ1n) is 8.55. The van der Waals surface area contributed by atoms with Crippen molar-refractivity contribution in [1.82, 2.24) is 4.98 Å². The van der Waals surface area contributed by atoms with E-state index in [-0.39, 0.29) is 0 Å². The summed E-state index contributed by atoms with van der Waals surface area (Å²) in [4.78, 5) is 3.48. The van der Waals surface area contributed by atoms with Crippen molar-refractivity contribution in [2.45, 2.75) is 0 Å². The van der Waals surface area contributed by atoms with Crippen molar-refractivity contribution in [3.8, 4) is 0 Å². The molecule has 0 aliphatic carbocycles. The molecule has 4 aromatic carbocycles. The van der Waals surface area contributed by atoms with Crippen molar-refractivity contribution in [2.75, 3.05) is 0 Å². The Bertz CT molecular complexity index is 1240. The highest BCUT2D eigenvalue weighted by Crippen LogP contribution is 2.27. The van der Waals surface area contributed by atoms with Gasteiger partial charge in [-0.3, -0.25) is 0 Å². The molecule has 1 nitrogen and oxygen atoms in total. The van der Waals surface area contributed by atoms with Crippen LogP contribution >= 0.6 is 0 Å². The van der Waals surface area contributed by atoms with Gasteiger partial charge in [0.05, 0.1) is 0 Å². The van der Waals surface area contributed by atoms with E-state index < -0.39 is 0 Å². The summed E-state index contributed by atoms with van der Waals surface area (Å²) in [5, 5.41) is 5.11. The van der Waals surface area contributed by atoms with Gasteiger partial charge in [-0.15, -0.1) is 0 Å². The first kappa shape index (κ1) is 14.1. The number of fused-ring (bicyclic) bond motifs is 4. The molecule has 1 heteroatoms. The summed E-state index contributed by atoms with van der Waals surface area (Å²) in [5.41, 5.74) is 4.83. The molecule has 0 radical (unpaired) electrons. The van der Waals surface area contributed by atoms with E-state index >= 15 is 0 Å². The summed E-state index contributed by atoms with van der Waals surface area (Å²) in [6.07, 6.45) is 4.40. The number of benzene rings is 4. The van der Waals surface area contributed by atoms with Crippen molar-refractivity contribution in [2.24, 2.45) is 0 Å². The molecule has 0 saturated carbocycles. The van der Waals surface area contributed by atoms with Crippen LogP contribution in [0, 0.1) is 0 Å². The second-order valence-corrected chi connectivity index (χ2v) is 6.38. The van der Waals surface area contributed by atoms with Gasteiger partial charge in [-0.05, 0) is 40.1 Å². The normalized spacial score (nSPS) is 11.8. The fourth-order valence-corrected chi connectivity index (χ4v) is 3.55. The van der Waals surface area contributed by atoms with Crippen LogP contribution in [0.25, 0.3) is 44.7 Å². The van der Waals surface area contributed by atoms with Gasteiger partial charge in [0.2, 0.25) is 0 Å². The maximum Gasteiger partial charge on any atom is 0.0465 e. The molecule has 118 valence electrons. The van der Waals surface area contributed by atoms with Gasteiger partial charge in [-0.25, -0.2) is 0 Å². The lowest BCUT2D eigenvalue weighted by atomic mass is 10.0. The molecule has 0 amide bonds. The Kier molecular flexibility index (Phi) is 3.17. The third-order valence-electron chi connectivity index (χ3n) is 4.81. The van der Waals surface area contributed by atoms with Gasteiger partial charge in [0, 0.05) is 21.8 Å². The Balaban J connectivity index is 1.61. The maximum atomic E-state index is 3.48. The number of aromatic amines is 1. The van der Waals surface area contributed by atoms with E-state index in [0.717, 1.165) is 0 Å². The summed E-state index contributed by atoms with van der Waals surface area (Å²) < 4.78 is 0. The Morgan fingerprint density at radius 3 is 2.28 bits per heavy atom. The maximum absolute atomic E-state index is 3.48. The number of hydrogen-bond acceptors (Lipinski definition) is 0. The third-order valence-corrected chi connectivity index (χ3v) is 4.81. The van der Waals surface area contributed by atoms with E-state index in [1.807, 2.05) is 0 Å². The summed E-state index contributed by atoms with van der Waals surface area (Å²) in [5.74, 6) is 0. The summed E-state index contributed by atoms with van der Waals surface area (Å²) in [6, 6.07) is 30.0. The zero-order valence-electron chi connectivity index (χ0n) is 13.7. The molecule has 0 aliphatic heterocycles. The van der Waals surface area contributed by atoms with E-state index in [0.29, 0.717) is 0 Å². The number of rotatable bonds is 2. The minimum Gasteiger partial charge on any atom is -0.355 e. The average molecular weight is 319 g/mol. The minimum atomic E-state index is 1.18. The zero-order chi connectivity index (χ0) is 16.6. The molecule has 0 aliphatic rings. The number of hydrogen-bond donors (Lipinski definition) is 1. The number of para-hydroxylation sites is 1. The highest BCUT2D eigenvalue weighted by atomic mass is 14.7. The highest BCUT2D eigenvalue weighted by Gasteiger charge is 2.03. The summed E-state index contributed by atoms with van der Waals surface area (Å²) in [6.45, 7) is 0. The lowest BCUT2D eigenvalue weighted by Gasteiger charge is -2.02. The Hall–Kier alpha value is -3.32. The predicted octanol–water partition coefficient (Wildman–Crippen LogP) is 6.64. The third kappa shape index (κ3) is 2.41. The molecule has 0 saturated heterocycles. The quantitative estimate of drug-likeness (QED) is 0.351. The van der Waals surface area contributed by atoms with Crippen LogP contribution < -0.4 is 0 Å². The molecule has 0 atom stereocenters. The number of nitrogens with one attached hydrogen (secondary N) is 1. The second-order valence-electron chi connectivity index (χ2n) is 6.38. The van der Waals surface area contributed by atoms with Gasteiger partial charge >= 0.3 is 0 Å². The second kappa shape index (κ2) is 5.64. The molecule has 1 aromatic heterocycles. The fraction of sp³-hybridized carbons (Fsp3) is 0. The number of aromatic nitrogens is 1. The Morgan fingerprint density at radius 2 is 1.32 bits per heavy atom. The van der Waals surface area contributed by atoms with Crippen molar-refractivity contribution < 1.29 is 0 Å². The molecular formula is C24H17N. The van der Waals surface area contributed by atoms with Crippen LogP contribution in [0.4, 0.5) is 0 Å². The minimum absolute atomic E-state index is 1.18. The zero-order valence-corrected chi connectivity index (χ0v) is 13.7. The molecule has 1 N–H and O–H groups in total. The Labute approximate surface area is 146 Å².